The molecule has 0 aromatic heterocycles. The lowest BCUT2D eigenvalue weighted by molar-refractivity contribution is 1.41. The molecule has 0 amide bonds. The summed E-state index contributed by atoms with van der Waals surface area (Å²) in [6.45, 7) is 0. The SMILES string of the molecule is c1ccc(/N=c2/c3ccccc3c3c2c2c4ccccc4/c(=N/c4ccccc4)c2c2c4ccccc4/c(=N\c4ccccc4)c32)cc1. The Morgan fingerprint density at radius 2 is 0.438 bits per heavy atom. The van der Waals surface area contributed by atoms with Crippen molar-refractivity contribution < 1.29 is 0 Å². The number of benzene rings is 7. The highest BCUT2D eigenvalue weighted by molar-refractivity contribution is 6.42. The molecule has 0 fully saturated rings. The molecule has 0 bridgehead atoms. The molecule has 0 heterocycles. The zero-order valence-electron chi connectivity index (χ0n) is 25.9. The zero-order valence-corrected chi connectivity index (χ0v) is 25.9. The van der Waals surface area contributed by atoms with Crippen molar-refractivity contribution >= 4 is 81.7 Å². The molecule has 0 N–H and O–H groups in total. The molecule has 0 aliphatic carbocycles. The van der Waals surface area contributed by atoms with E-state index < -0.39 is 0 Å². The molecule has 222 valence electrons. The minimum atomic E-state index is 0.926. The second-order valence-electron chi connectivity index (χ2n) is 12.3. The molecule has 0 aliphatic rings. The number of fused-ring (bicyclic) bond motifs is 12. The number of hydrogen-bond donors (Lipinski definition) is 0. The van der Waals surface area contributed by atoms with E-state index in [4.69, 9.17) is 15.0 Å². The normalized spacial score (nSPS) is 13.4. The fourth-order valence-electron chi connectivity index (χ4n) is 7.64. The molecule has 48 heavy (non-hydrogen) atoms. The highest BCUT2D eigenvalue weighted by Gasteiger charge is 2.25. The van der Waals surface area contributed by atoms with Crippen LogP contribution in [0.4, 0.5) is 17.1 Å². The van der Waals surface area contributed by atoms with Crippen LogP contribution in [0.3, 0.4) is 0 Å². The van der Waals surface area contributed by atoms with Gasteiger partial charge in [-0.25, -0.2) is 15.0 Å². The van der Waals surface area contributed by atoms with E-state index in [-0.39, 0.29) is 0 Å². The summed E-state index contributed by atoms with van der Waals surface area (Å²) in [4.78, 5) is 16.3. The number of rotatable bonds is 3. The summed E-state index contributed by atoms with van der Waals surface area (Å²) in [5, 5.41) is 16.9. The van der Waals surface area contributed by atoms with Gasteiger partial charge in [-0.05, 0) is 52.6 Å². The van der Waals surface area contributed by atoms with Crippen molar-refractivity contribution in [2.45, 2.75) is 0 Å². The number of para-hydroxylation sites is 3. The van der Waals surface area contributed by atoms with E-state index in [9.17, 15) is 0 Å². The Bertz CT molecular complexity index is 2660. The Morgan fingerprint density at radius 3 is 0.708 bits per heavy atom. The first-order chi connectivity index (χ1) is 23.8. The van der Waals surface area contributed by atoms with Gasteiger partial charge in [-0.1, -0.05) is 127 Å². The average Bonchev–Trinajstić information content (AvgIpc) is 3.76. The van der Waals surface area contributed by atoms with Gasteiger partial charge in [0.2, 0.25) is 0 Å². The van der Waals surface area contributed by atoms with Gasteiger partial charge in [-0.2, -0.15) is 0 Å². The van der Waals surface area contributed by atoms with E-state index in [1.165, 1.54) is 32.3 Å². The smallest absolute Gasteiger partial charge is 0.0800 e. The molecule has 0 spiro atoms. The van der Waals surface area contributed by atoms with Crippen molar-refractivity contribution in [2.24, 2.45) is 15.0 Å². The average molecular weight is 610 g/mol. The summed E-state index contributed by atoms with van der Waals surface area (Å²) in [6.07, 6.45) is 0. The first-order valence-electron chi connectivity index (χ1n) is 16.3. The van der Waals surface area contributed by atoms with Gasteiger partial charge in [0.25, 0.3) is 0 Å². The van der Waals surface area contributed by atoms with E-state index in [1.54, 1.807) is 0 Å². The fourth-order valence-corrected chi connectivity index (χ4v) is 7.64. The molecule has 10 rings (SSSR count). The first kappa shape index (κ1) is 26.7. The summed E-state index contributed by atoms with van der Waals surface area (Å²) in [5.74, 6) is 0. The quantitative estimate of drug-likeness (QED) is 0.191. The Labute approximate surface area is 275 Å². The van der Waals surface area contributed by atoms with Gasteiger partial charge in [-0.15, -0.1) is 0 Å². The maximum atomic E-state index is 5.42. The van der Waals surface area contributed by atoms with Crippen LogP contribution in [0.1, 0.15) is 0 Å². The maximum absolute atomic E-state index is 5.42. The van der Waals surface area contributed by atoms with Crippen molar-refractivity contribution in [1.29, 1.82) is 0 Å². The van der Waals surface area contributed by atoms with Crippen LogP contribution in [0.2, 0.25) is 0 Å². The predicted octanol–water partition coefficient (Wildman–Crippen LogP) is 10.6. The van der Waals surface area contributed by atoms with Crippen molar-refractivity contribution in [3.05, 3.63) is 180 Å². The molecule has 0 radical (unpaired) electrons. The van der Waals surface area contributed by atoms with Crippen molar-refractivity contribution in [3.63, 3.8) is 0 Å². The van der Waals surface area contributed by atoms with Crippen LogP contribution in [0.5, 0.6) is 0 Å². The number of nitrogens with zero attached hydrogens (tertiary/aromatic N) is 3. The topological polar surface area (TPSA) is 37.1 Å². The second-order valence-corrected chi connectivity index (χ2v) is 12.3. The third-order valence-corrected chi connectivity index (χ3v) is 9.56. The number of hydrogen-bond acceptors (Lipinski definition) is 3. The molecule has 0 aliphatic heterocycles. The lowest BCUT2D eigenvalue weighted by Gasteiger charge is -2.04. The first-order valence-corrected chi connectivity index (χ1v) is 16.3. The fraction of sp³-hybridized carbons (Fsp3) is 0. The van der Waals surface area contributed by atoms with Crippen LogP contribution in [0.15, 0.2) is 179 Å². The summed E-state index contributed by atoms with van der Waals surface area (Å²) < 4.78 is 0. The largest absolute Gasteiger partial charge is 0.248 e. The molecule has 3 heteroatoms. The van der Waals surface area contributed by atoms with Gasteiger partial charge in [0, 0.05) is 48.5 Å². The van der Waals surface area contributed by atoms with Gasteiger partial charge < -0.3 is 0 Å². The Hall–Kier alpha value is -6.45. The molecule has 10 aromatic carbocycles. The Morgan fingerprint density at radius 1 is 0.208 bits per heavy atom. The van der Waals surface area contributed by atoms with Crippen LogP contribution in [0, 0.1) is 0 Å². The highest BCUT2D eigenvalue weighted by Crippen LogP contribution is 2.43. The third-order valence-electron chi connectivity index (χ3n) is 9.56. The van der Waals surface area contributed by atoms with Gasteiger partial charge in [0.05, 0.1) is 33.1 Å². The van der Waals surface area contributed by atoms with Crippen LogP contribution in [-0.2, 0) is 0 Å². The van der Waals surface area contributed by atoms with Gasteiger partial charge >= 0.3 is 0 Å². The lowest BCUT2D eigenvalue weighted by Crippen LogP contribution is -2.03. The molecule has 0 saturated carbocycles. The Balaban J connectivity index is 1.60. The van der Waals surface area contributed by atoms with Crippen molar-refractivity contribution in [1.82, 2.24) is 0 Å². The highest BCUT2D eigenvalue weighted by atomic mass is 14.7. The van der Waals surface area contributed by atoms with Crippen LogP contribution >= 0.6 is 0 Å². The predicted molar refractivity (Wildman–Crippen MR) is 200 cm³/mol. The van der Waals surface area contributed by atoms with E-state index in [0.717, 1.165) is 65.5 Å². The standard InChI is InChI=1S/C45H27N3/c1-4-16-28(17-5-1)46-43-34-25-13-10-22-31(34)37-40(43)38-32-23-11-14-26-35(32)44(47-29-18-6-2-7-19-29)42(38)39-33-24-12-15-27-36(33)45(41(37)39)48-30-20-8-3-9-21-30/h1-27H/b46-43-,47-44-,48-45+. The molecule has 3 nitrogen and oxygen atoms in total. The van der Waals surface area contributed by atoms with E-state index in [1.807, 2.05) is 18.2 Å². The van der Waals surface area contributed by atoms with Gasteiger partial charge in [0.1, 0.15) is 0 Å². The van der Waals surface area contributed by atoms with Crippen molar-refractivity contribution in [2.75, 3.05) is 0 Å². The molecule has 10 aromatic rings. The minimum absolute atomic E-state index is 0.926. The van der Waals surface area contributed by atoms with Gasteiger partial charge in [-0.3, -0.25) is 0 Å². The summed E-state index contributed by atoms with van der Waals surface area (Å²) in [7, 11) is 0. The Kier molecular flexibility index (Phi) is 5.87. The lowest BCUT2D eigenvalue weighted by atomic mass is 9.99. The monoisotopic (exact) mass is 609 g/mol. The van der Waals surface area contributed by atoms with Crippen molar-refractivity contribution in [3.8, 4) is 0 Å². The molecule has 0 atom stereocenters. The molecular formula is C45H27N3. The molecular weight excluding hydrogens is 583 g/mol. The molecule has 0 saturated heterocycles. The second kappa shape index (κ2) is 10.5. The maximum Gasteiger partial charge on any atom is 0.0800 e. The third kappa shape index (κ3) is 3.91. The summed E-state index contributed by atoms with van der Waals surface area (Å²) in [6, 6.07) is 57.1. The zero-order chi connectivity index (χ0) is 31.6. The minimum Gasteiger partial charge on any atom is -0.248 e. The van der Waals surface area contributed by atoms with E-state index >= 15 is 0 Å². The summed E-state index contributed by atoms with van der Waals surface area (Å²) in [5.41, 5.74) is 2.78. The van der Waals surface area contributed by atoms with Crippen LogP contribution < -0.4 is 16.1 Å². The van der Waals surface area contributed by atoms with E-state index in [2.05, 4.69) is 146 Å². The molecule has 0 unspecified atom stereocenters. The van der Waals surface area contributed by atoms with E-state index in [0.29, 0.717) is 0 Å². The summed E-state index contributed by atoms with van der Waals surface area (Å²) >= 11 is 0. The van der Waals surface area contributed by atoms with Crippen LogP contribution in [0.25, 0.3) is 64.6 Å². The van der Waals surface area contributed by atoms with Crippen LogP contribution in [-0.4, -0.2) is 0 Å². The van der Waals surface area contributed by atoms with Gasteiger partial charge in [0.15, 0.2) is 0 Å².